The predicted octanol–water partition coefficient (Wildman–Crippen LogP) is 4.06. The van der Waals surface area contributed by atoms with Crippen molar-refractivity contribution < 1.29 is 4.79 Å². The van der Waals surface area contributed by atoms with Crippen LogP contribution >= 0.6 is 23.2 Å². The second kappa shape index (κ2) is 6.56. The van der Waals surface area contributed by atoms with Gasteiger partial charge >= 0.3 is 0 Å². The van der Waals surface area contributed by atoms with Gasteiger partial charge in [0.25, 0.3) is 0 Å². The van der Waals surface area contributed by atoms with Gasteiger partial charge in [-0.25, -0.2) is 0 Å². The zero-order chi connectivity index (χ0) is 13.8. The largest absolute Gasteiger partial charge is 0.299 e. The number of nitrogens with zero attached hydrogens (tertiary/aromatic N) is 1. The van der Waals surface area contributed by atoms with E-state index in [9.17, 15) is 4.79 Å². The number of rotatable bonds is 3. The Balaban J connectivity index is 2.25. The molecule has 1 aromatic rings. The highest BCUT2D eigenvalue weighted by Gasteiger charge is 2.20. The van der Waals surface area contributed by atoms with E-state index in [-0.39, 0.29) is 5.78 Å². The van der Waals surface area contributed by atoms with E-state index < -0.39 is 0 Å². The summed E-state index contributed by atoms with van der Waals surface area (Å²) in [6.07, 6.45) is 3.56. The van der Waals surface area contributed by atoms with Crippen LogP contribution in [0.1, 0.15) is 25.3 Å². The third-order valence-corrected chi connectivity index (χ3v) is 4.09. The first-order valence-electron chi connectivity index (χ1n) is 6.52. The Morgan fingerprint density at radius 2 is 2.16 bits per heavy atom. The van der Waals surface area contributed by atoms with Crippen LogP contribution in [0.15, 0.2) is 23.8 Å². The van der Waals surface area contributed by atoms with Crippen molar-refractivity contribution in [3.8, 4) is 0 Å². The van der Waals surface area contributed by atoms with Gasteiger partial charge in [-0.05, 0) is 30.7 Å². The molecule has 0 bridgehead atoms. The van der Waals surface area contributed by atoms with Gasteiger partial charge in [0.1, 0.15) is 0 Å². The van der Waals surface area contributed by atoms with Crippen LogP contribution in [0, 0.1) is 0 Å². The molecule has 1 aliphatic heterocycles. The van der Waals surface area contributed by atoms with Gasteiger partial charge in [-0.2, -0.15) is 0 Å². The molecule has 1 aliphatic rings. The van der Waals surface area contributed by atoms with Crippen LogP contribution in [0.4, 0.5) is 0 Å². The zero-order valence-corrected chi connectivity index (χ0v) is 12.5. The molecular formula is C15H17Cl2NO. The van der Waals surface area contributed by atoms with E-state index >= 15 is 0 Å². The van der Waals surface area contributed by atoms with E-state index in [1.165, 1.54) is 0 Å². The molecule has 0 radical (unpaired) electrons. The van der Waals surface area contributed by atoms with Gasteiger partial charge in [0.2, 0.25) is 0 Å². The maximum absolute atomic E-state index is 12.0. The Morgan fingerprint density at radius 3 is 2.89 bits per heavy atom. The topological polar surface area (TPSA) is 20.3 Å². The fourth-order valence-electron chi connectivity index (χ4n) is 2.28. The number of benzene rings is 1. The van der Waals surface area contributed by atoms with Crippen molar-refractivity contribution >= 4 is 35.1 Å². The van der Waals surface area contributed by atoms with Gasteiger partial charge in [0, 0.05) is 25.1 Å². The second-order valence-electron chi connectivity index (χ2n) is 4.76. The lowest BCUT2D eigenvalue weighted by Gasteiger charge is -2.27. The average molecular weight is 298 g/mol. The molecule has 0 saturated carbocycles. The molecule has 0 amide bonds. The smallest absolute Gasteiger partial charge is 0.161 e. The quantitative estimate of drug-likeness (QED) is 0.784. The van der Waals surface area contributed by atoms with E-state index in [1.54, 1.807) is 6.07 Å². The molecule has 1 heterocycles. The highest BCUT2D eigenvalue weighted by atomic mass is 35.5. The third-order valence-electron chi connectivity index (χ3n) is 3.26. The Labute approximate surface area is 124 Å². The molecule has 0 N–H and O–H groups in total. The lowest BCUT2D eigenvalue weighted by atomic mass is 10.00. The van der Waals surface area contributed by atoms with Crippen molar-refractivity contribution in [1.29, 1.82) is 0 Å². The fourth-order valence-corrected chi connectivity index (χ4v) is 2.64. The number of Topliss-reactive ketones (excluding diaryl/α,β-unsaturated/α-hetero) is 1. The summed E-state index contributed by atoms with van der Waals surface area (Å²) in [5.74, 6) is 0.211. The van der Waals surface area contributed by atoms with Gasteiger partial charge in [-0.3, -0.25) is 9.69 Å². The number of ketones is 1. The minimum atomic E-state index is 0.211. The molecule has 2 nitrogen and oxygen atoms in total. The maximum Gasteiger partial charge on any atom is 0.161 e. The van der Waals surface area contributed by atoms with Crippen molar-refractivity contribution in [3.05, 3.63) is 39.4 Å². The number of likely N-dealkylation sites (tertiary alicyclic amines) is 1. The van der Waals surface area contributed by atoms with Crippen molar-refractivity contribution in [2.75, 3.05) is 19.6 Å². The normalized spacial score (nSPS) is 19.1. The van der Waals surface area contributed by atoms with Gasteiger partial charge in [-0.15, -0.1) is 0 Å². The molecule has 1 fully saturated rings. The number of carbonyl (C=O) groups excluding carboxylic acids is 1. The Morgan fingerprint density at radius 1 is 1.37 bits per heavy atom. The molecule has 0 atom stereocenters. The Hall–Kier alpha value is -0.830. The molecule has 0 aliphatic carbocycles. The average Bonchev–Trinajstić information content (AvgIpc) is 2.39. The van der Waals surface area contributed by atoms with Crippen LogP contribution < -0.4 is 0 Å². The van der Waals surface area contributed by atoms with Crippen LogP contribution in [0.2, 0.25) is 10.0 Å². The summed E-state index contributed by atoms with van der Waals surface area (Å²) >= 11 is 12.1. The number of carbonyl (C=O) groups is 1. The molecule has 1 saturated heterocycles. The molecule has 0 spiro atoms. The van der Waals surface area contributed by atoms with Crippen LogP contribution in [0.3, 0.4) is 0 Å². The van der Waals surface area contributed by atoms with Gasteiger partial charge in [0.15, 0.2) is 5.78 Å². The fraction of sp³-hybridized carbons (Fsp3) is 0.400. The molecule has 0 aromatic heterocycles. The van der Waals surface area contributed by atoms with Crippen molar-refractivity contribution in [1.82, 2.24) is 4.90 Å². The van der Waals surface area contributed by atoms with E-state index in [1.807, 2.05) is 18.2 Å². The summed E-state index contributed by atoms with van der Waals surface area (Å²) in [7, 11) is 0. The summed E-state index contributed by atoms with van der Waals surface area (Å²) in [4.78, 5) is 14.3. The minimum absolute atomic E-state index is 0.211. The highest BCUT2D eigenvalue weighted by molar-refractivity contribution is 6.42. The zero-order valence-electron chi connectivity index (χ0n) is 11.0. The maximum atomic E-state index is 12.0. The summed E-state index contributed by atoms with van der Waals surface area (Å²) in [5.41, 5.74) is 1.64. The first-order chi connectivity index (χ1) is 9.11. The molecule has 19 heavy (non-hydrogen) atoms. The van der Waals surface area contributed by atoms with E-state index in [0.29, 0.717) is 23.0 Å². The van der Waals surface area contributed by atoms with Crippen molar-refractivity contribution in [2.45, 2.75) is 19.8 Å². The number of halogens is 2. The summed E-state index contributed by atoms with van der Waals surface area (Å²) in [6, 6.07) is 5.48. The van der Waals surface area contributed by atoms with Gasteiger partial charge < -0.3 is 0 Å². The van der Waals surface area contributed by atoms with E-state index in [4.69, 9.17) is 23.2 Å². The van der Waals surface area contributed by atoms with Crippen molar-refractivity contribution in [2.24, 2.45) is 0 Å². The summed E-state index contributed by atoms with van der Waals surface area (Å²) in [6.45, 7) is 4.73. The Kier molecular flexibility index (Phi) is 5.03. The van der Waals surface area contributed by atoms with E-state index in [0.717, 1.165) is 30.6 Å². The number of hydrogen-bond acceptors (Lipinski definition) is 2. The SMILES string of the molecule is CCCN1CCC(=O)/C(=C/c2cccc(Cl)c2Cl)C1. The molecule has 0 unspecified atom stereocenters. The lowest BCUT2D eigenvalue weighted by molar-refractivity contribution is -0.117. The second-order valence-corrected chi connectivity index (χ2v) is 5.55. The third kappa shape index (κ3) is 3.59. The van der Waals surface area contributed by atoms with Crippen molar-refractivity contribution in [3.63, 3.8) is 0 Å². The molecule has 102 valence electrons. The summed E-state index contributed by atoms with van der Waals surface area (Å²) < 4.78 is 0. The van der Waals surface area contributed by atoms with Crippen LogP contribution in [-0.4, -0.2) is 30.3 Å². The standard InChI is InChI=1S/C15H17Cl2NO/c1-2-7-18-8-6-14(19)12(10-18)9-11-4-3-5-13(16)15(11)17/h3-5,9H,2,6-8,10H2,1H3/b12-9+. The number of piperidine rings is 1. The molecule has 1 aromatic carbocycles. The lowest BCUT2D eigenvalue weighted by Crippen LogP contribution is -2.36. The summed E-state index contributed by atoms with van der Waals surface area (Å²) in [5, 5.41) is 1.03. The van der Waals surface area contributed by atoms with E-state index in [2.05, 4.69) is 11.8 Å². The molecule has 4 heteroatoms. The number of hydrogen-bond donors (Lipinski definition) is 0. The predicted molar refractivity (Wildman–Crippen MR) is 80.8 cm³/mol. The van der Waals surface area contributed by atoms with Crippen LogP contribution in [0.25, 0.3) is 6.08 Å². The monoisotopic (exact) mass is 297 g/mol. The minimum Gasteiger partial charge on any atom is -0.299 e. The van der Waals surface area contributed by atoms with Crippen LogP contribution in [0.5, 0.6) is 0 Å². The Bertz CT molecular complexity index is 511. The van der Waals surface area contributed by atoms with Gasteiger partial charge in [-0.1, -0.05) is 42.3 Å². The first-order valence-corrected chi connectivity index (χ1v) is 7.27. The van der Waals surface area contributed by atoms with Crippen LogP contribution in [-0.2, 0) is 4.79 Å². The molecule has 2 rings (SSSR count). The highest BCUT2D eigenvalue weighted by Crippen LogP contribution is 2.28. The van der Waals surface area contributed by atoms with Gasteiger partial charge in [0.05, 0.1) is 10.0 Å². The molecular weight excluding hydrogens is 281 g/mol. The first kappa shape index (κ1) is 14.6.